The van der Waals surface area contributed by atoms with E-state index >= 15 is 0 Å². The van der Waals surface area contributed by atoms with Gasteiger partial charge in [-0.25, -0.2) is 9.18 Å². The van der Waals surface area contributed by atoms with Gasteiger partial charge in [-0.2, -0.15) is 0 Å². The van der Waals surface area contributed by atoms with Gasteiger partial charge >= 0.3 is 11.7 Å². The maximum atomic E-state index is 13.0. The third kappa shape index (κ3) is 4.88. The molecule has 0 aliphatic heterocycles. The molecule has 0 atom stereocenters. The van der Waals surface area contributed by atoms with E-state index in [-0.39, 0.29) is 18.9 Å². The van der Waals surface area contributed by atoms with Crippen LogP contribution in [0.3, 0.4) is 0 Å². The molecule has 0 saturated heterocycles. The van der Waals surface area contributed by atoms with Crippen molar-refractivity contribution >= 4 is 22.8 Å². The molecule has 0 bridgehead atoms. The second-order valence-corrected chi connectivity index (χ2v) is 6.97. The first-order chi connectivity index (χ1) is 14.8. The summed E-state index contributed by atoms with van der Waals surface area (Å²) in [5.74, 6) is -1.60. The van der Waals surface area contributed by atoms with Gasteiger partial charge in [-0.15, -0.1) is 0 Å². The number of halogens is 1. The minimum atomic E-state index is -0.780. The van der Waals surface area contributed by atoms with Gasteiger partial charge < -0.3 is 9.64 Å². The highest BCUT2D eigenvalue weighted by atomic mass is 19.1. The van der Waals surface area contributed by atoms with Crippen LogP contribution in [0.5, 0.6) is 0 Å². The molecule has 1 amide bonds. The van der Waals surface area contributed by atoms with Crippen molar-refractivity contribution in [2.45, 2.75) is 26.6 Å². The number of carbonyl (C=O) groups is 2. The Hall–Kier alpha value is -3.75. The fraction of sp³-hybridized carbons (Fsp3) is 0.273. The lowest BCUT2D eigenvalue weighted by atomic mass is 10.2. The number of nitrogens with zero attached hydrogens (tertiary/aromatic N) is 3. The summed E-state index contributed by atoms with van der Waals surface area (Å²) in [5, 5.41) is 0.312. The number of esters is 1. The van der Waals surface area contributed by atoms with Gasteiger partial charge in [0, 0.05) is 20.1 Å². The molecule has 0 spiro atoms. The van der Waals surface area contributed by atoms with Gasteiger partial charge in [0.15, 0.2) is 6.61 Å². The van der Waals surface area contributed by atoms with E-state index in [2.05, 4.69) is 0 Å². The highest BCUT2D eigenvalue weighted by molar-refractivity contribution is 5.82. The van der Waals surface area contributed by atoms with Crippen LogP contribution < -0.4 is 11.2 Å². The Bertz CT molecular complexity index is 1230. The second-order valence-electron chi connectivity index (χ2n) is 6.97. The first-order valence-corrected chi connectivity index (χ1v) is 9.68. The summed E-state index contributed by atoms with van der Waals surface area (Å²) < 4.78 is 20.2. The van der Waals surface area contributed by atoms with Crippen LogP contribution in [-0.4, -0.2) is 39.6 Å². The summed E-state index contributed by atoms with van der Waals surface area (Å²) >= 11 is 0. The van der Waals surface area contributed by atoms with Crippen molar-refractivity contribution in [2.24, 2.45) is 0 Å². The monoisotopic (exact) mass is 427 g/mol. The molecule has 1 heterocycles. The van der Waals surface area contributed by atoms with E-state index in [0.717, 1.165) is 14.7 Å². The molecule has 0 aliphatic rings. The van der Waals surface area contributed by atoms with Crippen molar-refractivity contribution in [2.75, 3.05) is 13.7 Å². The summed E-state index contributed by atoms with van der Waals surface area (Å²) in [7, 11) is 1.54. The standard InChI is InChI=1S/C22H22FN3O5/c1-3-25-21(29)17-6-4-5-7-18(17)26(22(25)30)13-20(28)31-14-19(27)24(2)12-15-8-10-16(23)11-9-15/h4-11H,3,12-14H2,1-2H3. The molecule has 0 fully saturated rings. The molecular formula is C22H22FN3O5. The Morgan fingerprint density at radius 3 is 2.39 bits per heavy atom. The Morgan fingerprint density at radius 2 is 1.71 bits per heavy atom. The largest absolute Gasteiger partial charge is 0.454 e. The first-order valence-electron chi connectivity index (χ1n) is 9.68. The zero-order chi connectivity index (χ0) is 22.5. The van der Waals surface area contributed by atoms with E-state index in [1.807, 2.05) is 0 Å². The predicted molar refractivity (Wildman–Crippen MR) is 112 cm³/mol. The summed E-state index contributed by atoms with van der Waals surface area (Å²) in [6.45, 7) is 1.10. The quantitative estimate of drug-likeness (QED) is 0.534. The van der Waals surface area contributed by atoms with Crippen molar-refractivity contribution < 1.29 is 18.7 Å². The molecule has 3 aromatic rings. The molecule has 162 valence electrons. The van der Waals surface area contributed by atoms with E-state index in [1.54, 1.807) is 43.3 Å². The maximum absolute atomic E-state index is 13.0. The van der Waals surface area contributed by atoms with E-state index in [4.69, 9.17) is 4.74 Å². The Kier molecular flexibility index (Phi) is 6.64. The average Bonchev–Trinajstić information content (AvgIpc) is 2.77. The molecular weight excluding hydrogens is 405 g/mol. The van der Waals surface area contributed by atoms with Crippen LogP contribution in [0.2, 0.25) is 0 Å². The molecule has 0 radical (unpaired) electrons. The fourth-order valence-corrected chi connectivity index (χ4v) is 3.18. The van der Waals surface area contributed by atoms with Crippen LogP contribution in [0, 0.1) is 5.82 Å². The van der Waals surface area contributed by atoms with Crippen molar-refractivity contribution in [3.05, 3.63) is 80.7 Å². The van der Waals surface area contributed by atoms with Gasteiger partial charge in [0.05, 0.1) is 10.9 Å². The summed E-state index contributed by atoms with van der Waals surface area (Å²) in [6, 6.07) is 12.2. The first kappa shape index (κ1) is 21.9. The number of amides is 1. The fourth-order valence-electron chi connectivity index (χ4n) is 3.18. The molecule has 9 heteroatoms. The number of hydrogen-bond acceptors (Lipinski definition) is 5. The molecule has 3 rings (SSSR count). The van der Waals surface area contributed by atoms with Crippen LogP contribution in [0.25, 0.3) is 10.9 Å². The van der Waals surface area contributed by atoms with Gasteiger partial charge in [0.25, 0.3) is 11.5 Å². The number of ether oxygens (including phenoxy) is 1. The van der Waals surface area contributed by atoms with Crippen LogP contribution in [0.15, 0.2) is 58.1 Å². The lowest BCUT2D eigenvalue weighted by Gasteiger charge is -2.17. The Balaban J connectivity index is 1.69. The van der Waals surface area contributed by atoms with Crippen molar-refractivity contribution in [1.82, 2.24) is 14.0 Å². The zero-order valence-corrected chi connectivity index (χ0v) is 17.2. The van der Waals surface area contributed by atoms with Crippen molar-refractivity contribution in [3.8, 4) is 0 Å². The highest BCUT2D eigenvalue weighted by Gasteiger charge is 2.17. The number of carbonyl (C=O) groups excluding carboxylic acids is 2. The normalized spacial score (nSPS) is 10.8. The molecule has 2 aromatic carbocycles. The maximum Gasteiger partial charge on any atom is 0.332 e. The SMILES string of the molecule is CCn1c(=O)c2ccccc2n(CC(=O)OCC(=O)N(C)Cc2ccc(F)cc2)c1=O. The van der Waals surface area contributed by atoms with Gasteiger partial charge in [-0.05, 0) is 36.8 Å². The number of likely N-dealkylation sites (N-methyl/N-ethyl adjacent to an activating group) is 1. The lowest BCUT2D eigenvalue weighted by Crippen LogP contribution is -2.41. The number of hydrogen-bond donors (Lipinski definition) is 0. The average molecular weight is 427 g/mol. The lowest BCUT2D eigenvalue weighted by molar-refractivity contribution is -0.152. The summed E-state index contributed by atoms with van der Waals surface area (Å²) in [5.41, 5.74) is -0.00413. The second kappa shape index (κ2) is 9.38. The van der Waals surface area contributed by atoms with Gasteiger partial charge in [-0.3, -0.25) is 23.5 Å². The van der Waals surface area contributed by atoms with Crippen molar-refractivity contribution in [1.29, 1.82) is 0 Å². The van der Waals surface area contributed by atoms with Crippen LogP contribution >= 0.6 is 0 Å². The molecule has 8 nitrogen and oxygen atoms in total. The molecule has 0 unspecified atom stereocenters. The molecule has 0 saturated carbocycles. The van der Waals surface area contributed by atoms with E-state index < -0.39 is 36.3 Å². The predicted octanol–water partition coefficient (Wildman–Crippen LogP) is 1.52. The van der Waals surface area contributed by atoms with Crippen LogP contribution in [0.1, 0.15) is 12.5 Å². The number of fused-ring (bicyclic) bond motifs is 1. The smallest absolute Gasteiger partial charge is 0.332 e. The van der Waals surface area contributed by atoms with Crippen molar-refractivity contribution in [3.63, 3.8) is 0 Å². The number of benzene rings is 2. The summed E-state index contributed by atoms with van der Waals surface area (Å²) in [6.07, 6.45) is 0. The zero-order valence-electron chi connectivity index (χ0n) is 17.2. The van der Waals surface area contributed by atoms with Gasteiger partial charge in [-0.1, -0.05) is 24.3 Å². The topological polar surface area (TPSA) is 90.6 Å². The van der Waals surface area contributed by atoms with E-state index in [0.29, 0.717) is 10.9 Å². The van der Waals surface area contributed by atoms with Gasteiger partial charge in [0.2, 0.25) is 0 Å². The third-order valence-corrected chi connectivity index (χ3v) is 4.85. The minimum absolute atomic E-state index is 0.157. The molecule has 0 N–H and O–H groups in total. The third-order valence-electron chi connectivity index (χ3n) is 4.85. The number of rotatable bonds is 7. The Labute approximate surface area is 177 Å². The van der Waals surface area contributed by atoms with Crippen LogP contribution in [0.4, 0.5) is 4.39 Å². The Morgan fingerprint density at radius 1 is 1.03 bits per heavy atom. The van der Waals surface area contributed by atoms with Gasteiger partial charge in [0.1, 0.15) is 12.4 Å². The summed E-state index contributed by atoms with van der Waals surface area (Å²) in [4.78, 5) is 51.0. The van der Waals surface area contributed by atoms with Crippen LogP contribution in [-0.2, 0) is 34.0 Å². The molecule has 31 heavy (non-hydrogen) atoms. The number of aromatic nitrogens is 2. The molecule has 1 aromatic heterocycles. The minimum Gasteiger partial charge on any atom is -0.454 e. The van der Waals surface area contributed by atoms with E-state index in [9.17, 15) is 23.6 Å². The highest BCUT2D eigenvalue weighted by Crippen LogP contribution is 2.08. The molecule has 0 aliphatic carbocycles. The number of para-hydroxylation sites is 1. The van der Waals surface area contributed by atoms with E-state index in [1.165, 1.54) is 24.1 Å².